The van der Waals surface area contributed by atoms with Crippen LogP contribution in [0.15, 0.2) is 0 Å². The molecule has 0 spiro atoms. The van der Waals surface area contributed by atoms with Crippen LogP contribution in [0.3, 0.4) is 0 Å². The van der Waals surface area contributed by atoms with Gasteiger partial charge in [0.25, 0.3) is 0 Å². The Labute approximate surface area is 94.4 Å². The van der Waals surface area contributed by atoms with Gasteiger partial charge in [-0.2, -0.15) is 0 Å². The van der Waals surface area contributed by atoms with Crippen molar-refractivity contribution in [1.82, 2.24) is 0 Å². The van der Waals surface area contributed by atoms with Crippen molar-refractivity contribution >= 4 is 22.9 Å². The molecule has 1 nitrogen and oxygen atoms in total. The summed E-state index contributed by atoms with van der Waals surface area (Å²) >= 11 is 0.971. The van der Waals surface area contributed by atoms with E-state index in [1.807, 2.05) is 0 Å². The van der Waals surface area contributed by atoms with E-state index in [4.69, 9.17) is 0 Å². The third-order valence-corrected chi connectivity index (χ3v) is 3.64. The molecule has 0 bridgehead atoms. The fourth-order valence-corrected chi connectivity index (χ4v) is 2.63. The molecule has 75 valence electrons. The summed E-state index contributed by atoms with van der Waals surface area (Å²) in [6, 6.07) is 0. The average Bonchev–Trinajstić information content (AvgIpc) is 2.19. The van der Waals surface area contributed by atoms with Gasteiger partial charge < -0.3 is 0 Å². The third kappa shape index (κ3) is 1.95. The molecule has 0 heterocycles. The minimum absolute atomic E-state index is 0.652. The Hall–Kier alpha value is -0.112. The minimum atomic E-state index is -1.44. The van der Waals surface area contributed by atoms with E-state index in [0.717, 1.165) is 20.4 Å². The number of hydrogen-bond acceptors (Lipinski definition) is 1. The monoisotopic (exact) mass is 273 g/mol. The standard InChI is InChI=1S/C6H5F4OSi2.Ti/c7-2-1-3(8)5(10)6(4(2)9)11-13-12;/h13H2,12H3;. The van der Waals surface area contributed by atoms with Crippen LogP contribution >= 0.6 is 0 Å². The van der Waals surface area contributed by atoms with Gasteiger partial charge in [-0.1, -0.05) is 0 Å². The zero-order valence-corrected chi connectivity index (χ0v) is 12.1. The number of hydrogen-bond donors (Lipinski definition) is 0. The molecule has 0 radical (unpaired) electrons. The first-order valence-electron chi connectivity index (χ1n) is 3.71. The zero-order valence-electron chi connectivity index (χ0n) is 7.13. The normalized spacial score (nSPS) is 11.4. The van der Waals surface area contributed by atoms with Crippen molar-refractivity contribution in [3.63, 3.8) is 0 Å². The van der Waals surface area contributed by atoms with Crippen molar-refractivity contribution < 1.29 is 42.4 Å². The summed E-state index contributed by atoms with van der Waals surface area (Å²) in [5, 5.41) is 0. The van der Waals surface area contributed by atoms with Crippen LogP contribution in [0, 0.1) is 23.3 Å². The van der Waals surface area contributed by atoms with Gasteiger partial charge in [-0.3, -0.25) is 0 Å². The Morgan fingerprint density at radius 3 is 1.79 bits per heavy atom. The van der Waals surface area contributed by atoms with E-state index in [0.29, 0.717) is 9.76 Å². The molecule has 0 amide bonds. The van der Waals surface area contributed by atoms with E-state index < -0.39 is 42.2 Å². The fraction of sp³-hybridized carbons (Fsp3) is 0. The first kappa shape index (κ1) is 12.0. The predicted octanol–water partition coefficient (Wildman–Crippen LogP) is -0.842. The van der Waals surface area contributed by atoms with Crippen LogP contribution < -0.4 is 8.29 Å². The number of rotatable bonds is 2. The van der Waals surface area contributed by atoms with E-state index in [1.165, 1.54) is 0 Å². The van der Waals surface area contributed by atoms with Gasteiger partial charge in [0.2, 0.25) is 0 Å². The van der Waals surface area contributed by atoms with Crippen LogP contribution in [0.4, 0.5) is 17.6 Å². The summed E-state index contributed by atoms with van der Waals surface area (Å²) in [6.45, 7) is 0. The van der Waals surface area contributed by atoms with E-state index in [1.54, 1.807) is 0 Å². The number of halogens is 4. The van der Waals surface area contributed by atoms with Crippen molar-refractivity contribution in [2.24, 2.45) is 0 Å². The van der Waals surface area contributed by atoms with Crippen LogP contribution in [-0.4, -0.2) is 19.0 Å². The summed E-state index contributed by atoms with van der Waals surface area (Å²) < 4.78 is 55.9. The number of benzene rings is 1. The van der Waals surface area contributed by atoms with Gasteiger partial charge in [0, 0.05) is 0 Å². The molecule has 0 unspecified atom stereocenters. The average molecular weight is 273 g/mol. The van der Waals surface area contributed by atoms with Gasteiger partial charge in [-0.15, -0.1) is 0 Å². The maximum atomic E-state index is 13.0. The molecule has 8 heteroatoms. The topological polar surface area (TPSA) is 9.23 Å². The van der Waals surface area contributed by atoms with Gasteiger partial charge in [-0.25, -0.2) is 0 Å². The molecule has 0 aliphatic rings. The predicted molar refractivity (Wildman–Crippen MR) is 45.0 cm³/mol. The van der Waals surface area contributed by atoms with Crippen molar-refractivity contribution in [1.29, 1.82) is 0 Å². The van der Waals surface area contributed by atoms with E-state index in [-0.39, 0.29) is 0 Å². The van der Waals surface area contributed by atoms with Gasteiger partial charge in [-0.05, 0) is 0 Å². The van der Waals surface area contributed by atoms with Crippen LogP contribution in [0.5, 0.6) is 5.75 Å². The third-order valence-electron chi connectivity index (χ3n) is 1.51. The Morgan fingerprint density at radius 2 is 1.43 bits per heavy atom. The molecule has 0 N–H and O–H groups in total. The summed E-state index contributed by atoms with van der Waals surface area (Å²) in [5.74, 6) is -6.56. The van der Waals surface area contributed by atoms with Gasteiger partial charge >= 0.3 is 94.4 Å². The van der Waals surface area contributed by atoms with Crippen LogP contribution in [0.2, 0.25) is 0 Å². The van der Waals surface area contributed by atoms with E-state index >= 15 is 0 Å². The molecule has 0 aliphatic carbocycles. The van der Waals surface area contributed by atoms with Gasteiger partial charge in [0.05, 0.1) is 0 Å². The van der Waals surface area contributed by atoms with Crippen LogP contribution in [0.25, 0.3) is 0 Å². The zero-order chi connectivity index (χ0) is 10.9. The van der Waals surface area contributed by atoms with E-state index in [9.17, 15) is 17.6 Å². The molecule has 0 aromatic heterocycles. The molecule has 0 fully saturated rings. The molecule has 0 saturated carbocycles. The van der Waals surface area contributed by atoms with Gasteiger partial charge in [0.1, 0.15) is 0 Å². The summed E-state index contributed by atoms with van der Waals surface area (Å²) in [7, 11) is -0.394. The Balaban J connectivity index is 3.43. The first-order chi connectivity index (χ1) is 6.50. The van der Waals surface area contributed by atoms with Crippen molar-refractivity contribution in [2.45, 2.75) is 0 Å². The van der Waals surface area contributed by atoms with Crippen molar-refractivity contribution in [3.05, 3.63) is 23.3 Å². The molecular weight excluding hydrogens is 268 g/mol. The Kier molecular flexibility index (Phi) is 3.93. The molecule has 0 saturated heterocycles. The maximum absolute atomic E-state index is 13.0. The molecule has 14 heavy (non-hydrogen) atoms. The molecule has 0 atom stereocenters. The van der Waals surface area contributed by atoms with Crippen molar-refractivity contribution in [2.75, 3.05) is 0 Å². The van der Waals surface area contributed by atoms with Crippen LogP contribution in [0.1, 0.15) is 0 Å². The van der Waals surface area contributed by atoms with E-state index in [2.05, 4.69) is 4.43 Å². The summed E-state index contributed by atoms with van der Waals surface area (Å²) in [4.78, 5) is 0. The molecule has 1 aromatic rings. The molecule has 1 rings (SSSR count). The first-order valence-corrected chi connectivity index (χ1v) is 10.7. The summed E-state index contributed by atoms with van der Waals surface area (Å²) in [6.07, 6.45) is 0. The Bertz CT molecular complexity index is 344. The molecule has 0 aliphatic heterocycles. The second-order valence-electron chi connectivity index (χ2n) is 2.39. The second kappa shape index (κ2) is 4.60. The van der Waals surface area contributed by atoms with Crippen LogP contribution in [-0.2, 0) is 20.4 Å². The fourth-order valence-electron chi connectivity index (χ4n) is 0.883. The van der Waals surface area contributed by atoms with Crippen molar-refractivity contribution in [3.8, 4) is 5.75 Å². The molecular formula is C6H5F4OSi2Ti. The van der Waals surface area contributed by atoms with Gasteiger partial charge in [0.15, 0.2) is 0 Å². The summed E-state index contributed by atoms with van der Waals surface area (Å²) in [5.41, 5.74) is 0. The quantitative estimate of drug-likeness (QED) is 0.388. The second-order valence-corrected chi connectivity index (χ2v) is 5.77. The Morgan fingerprint density at radius 1 is 1.00 bits per heavy atom. The SMILES string of the molecule is Fc1c(F)c(O[SiH2][SiH3])c(F)c(F)[c]1[Ti]. The molecule has 1 aromatic carbocycles.